The summed E-state index contributed by atoms with van der Waals surface area (Å²) in [6, 6.07) is 0. The van der Waals surface area contributed by atoms with Crippen molar-refractivity contribution in [3.63, 3.8) is 0 Å². The van der Waals surface area contributed by atoms with Crippen LogP contribution in [0.15, 0.2) is 52.5 Å². The van der Waals surface area contributed by atoms with Crippen LogP contribution < -0.4 is 0 Å². The van der Waals surface area contributed by atoms with E-state index in [4.69, 9.17) is 4.74 Å². The summed E-state index contributed by atoms with van der Waals surface area (Å²) in [6.45, 7) is 9.90. The maximum absolute atomic E-state index is 14.3. The van der Waals surface area contributed by atoms with Crippen molar-refractivity contribution >= 4 is 5.71 Å². The van der Waals surface area contributed by atoms with Crippen molar-refractivity contribution in [2.45, 2.75) is 47.5 Å². The van der Waals surface area contributed by atoms with E-state index in [0.29, 0.717) is 0 Å². The van der Waals surface area contributed by atoms with Crippen LogP contribution in [0.3, 0.4) is 0 Å². The summed E-state index contributed by atoms with van der Waals surface area (Å²) in [4.78, 5) is 4.03. The van der Waals surface area contributed by atoms with Crippen LogP contribution >= 0.6 is 0 Å². The van der Waals surface area contributed by atoms with E-state index in [1.54, 1.807) is 20.2 Å². The summed E-state index contributed by atoms with van der Waals surface area (Å²) in [5.41, 5.74) is 2.06. The highest BCUT2D eigenvalue weighted by atomic mass is 19.1. The van der Waals surface area contributed by atoms with Gasteiger partial charge in [0.25, 0.3) is 0 Å². The zero-order chi connectivity index (χ0) is 17.8. The first-order valence-electron chi connectivity index (χ1n) is 8.31. The number of nitrogens with zero attached hydrogens (tertiary/aromatic N) is 1. The van der Waals surface area contributed by atoms with E-state index in [-0.39, 0.29) is 17.7 Å². The Hall–Kier alpha value is -1.64. The van der Waals surface area contributed by atoms with Crippen molar-refractivity contribution in [1.82, 2.24) is 0 Å². The van der Waals surface area contributed by atoms with Crippen molar-refractivity contribution in [3.05, 3.63) is 47.5 Å². The molecule has 2 atom stereocenters. The normalized spacial score (nSPS) is 17.6. The number of allylic oxidation sites excluding steroid dienone is 8. The van der Waals surface area contributed by atoms with Gasteiger partial charge in [0.05, 0.1) is 12.9 Å². The van der Waals surface area contributed by atoms with E-state index in [9.17, 15) is 4.39 Å². The second-order valence-electron chi connectivity index (χ2n) is 5.69. The number of rotatable bonds is 9. The molecule has 130 valence electrons. The highest BCUT2D eigenvalue weighted by molar-refractivity contribution is 5.92. The zero-order valence-electron chi connectivity index (χ0n) is 15.7. The Labute approximate surface area is 141 Å². The molecule has 23 heavy (non-hydrogen) atoms. The Morgan fingerprint density at radius 2 is 1.83 bits per heavy atom. The minimum absolute atomic E-state index is 0.0351. The Kier molecular flexibility index (Phi) is 11.0. The fourth-order valence-corrected chi connectivity index (χ4v) is 2.02. The Bertz CT molecular complexity index is 492. The fraction of sp³-hybridized carbons (Fsp3) is 0.550. The van der Waals surface area contributed by atoms with Gasteiger partial charge in [-0.05, 0) is 43.1 Å². The van der Waals surface area contributed by atoms with Gasteiger partial charge in [-0.3, -0.25) is 4.99 Å². The van der Waals surface area contributed by atoms with Crippen LogP contribution in [0.2, 0.25) is 0 Å². The molecule has 0 saturated carbocycles. The molecule has 2 nitrogen and oxygen atoms in total. The van der Waals surface area contributed by atoms with E-state index in [2.05, 4.69) is 24.9 Å². The minimum atomic E-state index is -0.242. The van der Waals surface area contributed by atoms with Gasteiger partial charge in [0, 0.05) is 25.1 Å². The van der Waals surface area contributed by atoms with Crippen LogP contribution in [0.5, 0.6) is 0 Å². The molecule has 2 unspecified atom stereocenters. The molecule has 0 spiro atoms. The van der Waals surface area contributed by atoms with Crippen LogP contribution in [0.25, 0.3) is 0 Å². The van der Waals surface area contributed by atoms with Gasteiger partial charge in [-0.1, -0.05) is 39.8 Å². The first-order chi connectivity index (χ1) is 10.9. The Balaban J connectivity index is 5.06. The quantitative estimate of drug-likeness (QED) is 0.288. The Morgan fingerprint density at radius 3 is 2.30 bits per heavy atom. The highest BCUT2D eigenvalue weighted by Gasteiger charge is 2.07. The number of halogens is 1. The van der Waals surface area contributed by atoms with Crippen LogP contribution in [0, 0.1) is 11.8 Å². The molecule has 0 aliphatic rings. The van der Waals surface area contributed by atoms with Crippen molar-refractivity contribution < 1.29 is 9.13 Å². The molecule has 0 saturated heterocycles. The van der Waals surface area contributed by atoms with Gasteiger partial charge in [-0.2, -0.15) is 0 Å². The van der Waals surface area contributed by atoms with E-state index in [0.717, 1.165) is 29.9 Å². The van der Waals surface area contributed by atoms with Crippen molar-refractivity contribution in [1.29, 1.82) is 0 Å². The molecular formula is C20H32FNO. The average molecular weight is 321 g/mol. The van der Waals surface area contributed by atoms with Gasteiger partial charge in [-0.15, -0.1) is 0 Å². The first-order valence-corrected chi connectivity index (χ1v) is 8.31. The van der Waals surface area contributed by atoms with Gasteiger partial charge in [0.2, 0.25) is 0 Å². The van der Waals surface area contributed by atoms with E-state index in [1.807, 2.05) is 39.0 Å². The molecule has 0 aromatic carbocycles. The number of hydrogen-bond acceptors (Lipinski definition) is 2. The van der Waals surface area contributed by atoms with Gasteiger partial charge < -0.3 is 4.74 Å². The molecule has 0 N–H and O–H groups in total. The van der Waals surface area contributed by atoms with Crippen LogP contribution in [0.4, 0.5) is 4.39 Å². The number of ether oxygens (including phenoxy) is 1. The number of methoxy groups -OCH3 is 1. The predicted octanol–water partition coefficient (Wildman–Crippen LogP) is 6.04. The lowest BCUT2D eigenvalue weighted by molar-refractivity contribution is 0.280. The van der Waals surface area contributed by atoms with Crippen molar-refractivity contribution in [3.8, 4) is 0 Å². The SMILES string of the molecule is CCC(=C/C(C)/C=C(\F)C(C)/C=C\C(C)=N/C)/C=C(\CC)OC. The maximum atomic E-state index is 14.3. The third kappa shape index (κ3) is 9.17. The fourth-order valence-electron chi connectivity index (χ4n) is 2.02. The third-order valence-electron chi connectivity index (χ3n) is 3.68. The topological polar surface area (TPSA) is 21.6 Å². The molecule has 0 aromatic rings. The van der Waals surface area contributed by atoms with Crippen molar-refractivity contribution in [2.24, 2.45) is 16.8 Å². The highest BCUT2D eigenvalue weighted by Crippen LogP contribution is 2.19. The summed E-state index contributed by atoms with van der Waals surface area (Å²) >= 11 is 0. The molecule has 0 radical (unpaired) electrons. The third-order valence-corrected chi connectivity index (χ3v) is 3.68. The van der Waals surface area contributed by atoms with Crippen LogP contribution in [-0.2, 0) is 4.74 Å². The molecule has 0 amide bonds. The molecule has 0 bridgehead atoms. The first kappa shape index (κ1) is 21.4. The van der Waals surface area contributed by atoms with E-state index >= 15 is 0 Å². The molecule has 0 heterocycles. The second kappa shape index (κ2) is 11.9. The molecule has 3 heteroatoms. The van der Waals surface area contributed by atoms with Crippen LogP contribution in [0.1, 0.15) is 47.5 Å². The van der Waals surface area contributed by atoms with Gasteiger partial charge in [-0.25, -0.2) is 4.39 Å². The lowest BCUT2D eigenvalue weighted by Gasteiger charge is -2.09. The summed E-state index contributed by atoms with van der Waals surface area (Å²) in [6.07, 6.45) is 11.3. The molecule has 0 rings (SSSR count). The zero-order valence-corrected chi connectivity index (χ0v) is 15.7. The number of aliphatic imine (C=N–C) groups is 1. The van der Waals surface area contributed by atoms with Crippen LogP contribution in [-0.4, -0.2) is 19.9 Å². The van der Waals surface area contributed by atoms with Crippen molar-refractivity contribution in [2.75, 3.05) is 14.2 Å². The molecule has 0 aliphatic carbocycles. The molecule has 0 aliphatic heterocycles. The van der Waals surface area contributed by atoms with Gasteiger partial charge >= 0.3 is 0 Å². The summed E-state index contributed by atoms with van der Waals surface area (Å²) in [7, 11) is 3.41. The predicted molar refractivity (Wildman–Crippen MR) is 99.4 cm³/mol. The molecule has 0 fully saturated rings. The summed E-state index contributed by atoms with van der Waals surface area (Å²) < 4.78 is 19.6. The summed E-state index contributed by atoms with van der Waals surface area (Å²) in [5, 5.41) is 0. The lowest BCUT2D eigenvalue weighted by Crippen LogP contribution is -1.96. The molecule has 0 aromatic heterocycles. The Morgan fingerprint density at radius 1 is 1.17 bits per heavy atom. The van der Waals surface area contributed by atoms with Gasteiger partial charge in [0.15, 0.2) is 0 Å². The standard InChI is InChI=1S/C20H32FNO/c1-8-18(14-19(9-2)23-7)12-15(3)13-20(21)16(4)10-11-17(5)22-6/h10-16H,8-9H2,1-7H3/b11-10-,18-12-,19-14+,20-13-,22-17-. The van der Waals surface area contributed by atoms with E-state index in [1.165, 1.54) is 0 Å². The van der Waals surface area contributed by atoms with E-state index < -0.39 is 0 Å². The van der Waals surface area contributed by atoms with Gasteiger partial charge in [0.1, 0.15) is 5.83 Å². The minimum Gasteiger partial charge on any atom is -0.501 e. The average Bonchev–Trinajstić information content (AvgIpc) is 2.55. The molecular weight excluding hydrogens is 289 g/mol. The second-order valence-corrected chi connectivity index (χ2v) is 5.69. The maximum Gasteiger partial charge on any atom is 0.103 e. The monoisotopic (exact) mass is 321 g/mol. The summed E-state index contributed by atoms with van der Waals surface area (Å²) in [5.74, 6) is 0.623. The smallest absolute Gasteiger partial charge is 0.103 e. The lowest BCUT2D eigenvalue weighted by atomic mass is 10.0. The number of hydrogen-bond donors (Lipinski definition) is 0. The largest absolute Gasteiger partial charge is 0.501 e.